The van der Waals surface area contributed by atoms with E-state index in [0.717, 1.165) is 24.1 Å². The molecule has 0 saturated heterocycles. The van der Waals surface area contributed by atoms with Crippen LogP contribution in [-0.4, -0.2) is 17.6 Å². The SMILES string of the molecule is N#C/C(=C\c1cccc(O)c1)C(=O)N1CCCc2ccccc21. The number of rotatable bonds is 2. The Kier molecular flexibility index (Phi) is 4.11. The molecular formula is C19H16N2O2. The van der Waals surface area contributed by atoms with E-state index in [1.54, 1.807) is 23.1 Å². The van der Waals surface area contributed by atoms with Crippen LogP contribution in [-0.2, 0) is 11.2 Å². The molecule has 0 fully saturated rings. The van der Waals surface area contributed by atoms with Crippen molar-refractivity contribution in [3.8, 4) is 11.8 Å². The van der Waals surface area contributed by atoms with Crippen LogP contribution in [0.15, 0.2) is 54.1 Å². The minimum Gasteiger partial charge on any atom is -0.508 e. The maximum Gasteiger partial charge on any atom is 0.268 e. The molecule has 2 aromatic rings. The number of para-hydroxylation sites is 1. The minimum absolute atomic E-state index is 0.0623. The van der Waals surface area contributed by atoms with E-state index in [1.165, 1.54) is 12.1 Å². The highest BCUT2D eigenvalue weighted by Crippen LogP contribution is 2.28. The number of hydrogen-bond acceptors (Lipinski definition) is 3. The van der Waals surface area contributed by atoms with Gasteiger partial charge in [0.2, 0.25) is 0 Å². The first-order valence-electron chi connectivity index (χ1n) is 7.49. The maximum atomic E-state index is 12.8. The number of amides is 1. The summed E-state index contributed by atoms with van der Waals surface area (Å²) in [5.41, 5.74) is 2.69. The van der Waals surface area contributed by atoms with Gasteiger partial charge in [-0.05, 0) is 48.2 Å². The fraction of sp³-hybridized carbons (Fsp3) is 0.158. The number of carbonyl (C=O) groups excluding carboxylic acids is 1. The number of fused-ring (bicyclic) bond motifs is 1. The number of anilines is 1. The van der Waals surface area contributed by atoms with Crippen LogP contribution >= 0.6 is 0 Å². The molecule has 0 unspecified atom stereocenters. The highest BCUT2D eigenvalue weighted by Gasteiger charge is 2.24. The Bertz CT molecular complexity index is 818. The molecule has 0 bridgehead atoms. The van der Waals surface area contributed by atoms with E-state index in [0.29, 0.717) is 12.1 Å². The van der Waals surface area contributed by atoms with Crippen molar-refractivity contribution in [3.05, 3.63) is 65.2 Å². The number of phenolic OH excluding ortho intramolecular Hbond substituents is 1. The van der Waals surface area contributed by atoms with Gasteiger partial charge in [0.25, 0.3) is 5.91 Å². The zero-order chi connectivity index (χ0) is 16.2. The molecule has 0 saturated carbocycles. The monoisotopic (exact) mass is 304 g/mol. The van der Waals surface area contributed by atoms with Gasteiger partial charge >= 0.3 is 0 Å². The number of aryl methyl sites for hydroxylation is 1. The van der Waals surface area contributed by atoms with E-state index in [-0.39, 0.29) is 17.2 Å². The fourth-order valence-electron chi connectivity index (χ4n) is 2.81. The molecule has 0 aromatic heterocycles. The first-order valence-corrected chi connectivity index (χ1v) is 7.49. The number of aromatic hydroxyl groups is 1. The second kappa shape index (κ2) is 6.37. The second-order valence-electron chi connectivity index (χ2n) is 5.45. The van der Waals surface area contributed by atoms with Gasteiger partial charge in [0.05, 0.1) is 0 Å². The van der Waals surface area contributed by atoms with Gasteiger partial charge in [-0.15, -0.1) is 0 Å². The zero-order valence-electron chi connectivity index (χ0n) is 12.6. The number of carbonyl (C=O) groups is 1. The lowest BCUT2D eigenvalue weighted by atomic mass is 10.0. The predicted octanol–water partition coefficient (Wildman–Crippen LogP) is 3.28. The third kappa shape index (κ3) is 3.09. The Hall–Kier alpha value is -3.06. The highest BCUT2D eigenvalue weighted by molar-refractivity contribution is 6.11. The Morgan fingerprint density at radius 1 is 1.22 bits per heavy atom. The lowest BCUT2D eigenvalue weighted by Gasteiger charge is -2.29. The molecular weight excluding hydrogens is 288 g/mol. The van der Waals surface area contributed by atoms with Gasteiger partial charge in [-0.2, -0.15) is 5.26 Å². The van der Waals surface area contributed by atoms with E-state index < -0.39 is 0 Å². The van der Waals surface area contributed by atoms with Crippen molar-refractivity contribution >= 4 is 17.7 Å². The highest BCUT2D eigenvalue weighted by atomic mass is 16.3. The standard InChI is InChI=1S/C19H16N2O2/c20-13-16(11-14-5-3-8-17(22)12-14)19(23)21-10-4-7-15-6-1-2-9-18(15)21/h1-3,5-6,8-9,11-12,22H,4,7,10H2/b16-11+. The van der Waals surface area contributed by atoms with Crippen molar-refractivity contribution in [1.82, 2.24) is 0 Å². The first kappa shape index (κ1) is 14.9. The van der Waals surface area contributed by atoms with Gasteiger partial charge in [-0.1, -0.05) is 30.3 Å². The lowest BCUT2D eigenvalue weighted by Crippen LogP contribution is -2.36. The van der Waals surface area contributed by atoms with Crippen molar-refractivity contribution < 1.29 is 9.90 Å². The molecule has 1 heterocycles. The molecule has 0 aliphatic carbocycles. The molecule has 1 aliphatic rings. The average molecular weight is 304 g/mol. The quantitative estimate of drug-likeness (QED) is 0.684. The third-order valence-corrected chi connectivity index (χ3v) is 3.89. The van der Waals surface area contributed by atoms with Gasteiger partial charge in [0.15, 0.2) is 0 Å². The molecule has 4 heteroatoms. The van der Waals surface area contributed by atoms with Crippen LogP contribution in [0.3, 0.4) is 0 Å². The molecule has 4 nitrogen and oxygen atoms in total. The summed E-state index contributed by atoms with van der Waals surface area (Å²) in [4.78, 5) is 14.4. The molecule has 1 aliphatic heterocycles. The van der Waals surface area contributed by atoms with Gasteiger partial charge in [-0.25, -0.2) is 0 Å². The van der Waals surface area contributed by atoms with Crippen molar-refractivity contribution in [2.75, 3.05) is 11.4 Å². The summed E-state index contributed by atoms with van der Waals surface area (Å²) in [5.74, 6) is -0.199. The summed E-state index contributed by atoms with van der Waals surface area (Å²) in [5, 5.41) is 18.9. The number of benzene rings is 2. The summed E-state index contributed by atoms with van der Waals surface area (Å²) >= 11 is 0. The van der Waals surface area contributed by atoms with Crippen LogP contribution in [0, 0.1) is 11.3 Å². The zero-order valence-corrected chi connectivity index (χ0v) is 12.6. The number of phenols is 1. The average Bonchev–Trinajstić information content (AvgIpc) is 2.58. The maximum absolute atomic E-state index is 12.8. The summed E-state index contributed by atoms with van der Waals surface area (Å²) in [6.07, 6.45) is 3.34. The van der Waals surface area contributed by atoms with Crippen LogP contribution < -0.4 is 4.90 Å². The molecule has 3 rings (SSSR count). The summed E-state index contributed by atoms with van der Waals surface area (Å²) in [6, 6.07) is 16.3. The van der Waals surface area contributed by atoms with E-state index in [1.807, 2.05) is 30.3 Å². The van der Waals surface area contributed by atoms with Gasteiger partial charge in [0, 0.05) is 12.2 Å². The molecule has 2 aromatic carbocycles. The smallest absolute Gasteiger partial charge is 0.268 e. The number of nitrogens with zero attached hydrogens (tertiary/aromatic N) is 2. The lowest BCUT2D eigenvalue weighted by molar-refractivity contribution is -0.114. The Morgan fingerprint density at radius 3 is 2.83 bits per heavy atom. The largest absolute Gasteiger partial charge is 0.508 e. The van der Waals surface area contributed by atoms with E-state index in [9.17, 15) is 15.2 Å². The van der Waals surface area contributed by atoms with Crippen molar-refractivity contribution in [2.24, 2.45) is 0 Å². The predicted molar refractivity (Wildman–Crippen MR) is 88.8 cm³/mol. The summed E-state index contributed by atoms with van der Waals surface area (Å²) in [7, 11) is 0. The van der Waals surface area contributed by atoms with Crippen LogP contribution in [0.2, 0.25) is 0 Å². The van der Waals surface area contributed by atoms with Crippen LogP contribution in [0.25, 0.3) is 6.08 Å². The molecule has 0 atom stereocenters. The van der Waals surface area contributed by atoms with Gasteiger partial charge in [-0.3, -0.25) is 4.79 Å². The third-order valence-electron chi connectivity index (χ3n) is 3.89. The summed E-state index contributed by atoms with van der Waals surface area (Å²) in [6.45, 7) is 0.606. The molecule has 114 valence electrons. The fourth-order valence-corrected chi connectivity index (χ4v) is 2.81. The topological polar surface area (TPSA) is 64.3 Å². The van der Waals surface area contributed by atoms with Crippen molar-refractivity contribution in [3.63, 3.8) is 0 Å². The van der Waals surface area contributed by atoms with Crippen LogP contribution in [0.5, 0.6) is 5.75 Å². The normalized spacial score (nSPS) is 14.0. The minimum atomic E-state index is -0.303. The Labute approximate surface area is 134 Å². The second-order valence-corrected chi connectivity index (χ2v) is 5.45. The Morgan fingerprint density at radius 2 is 2.04 bits per heavy atom. The molecule has 0 spiro atoms. The van der Waals surface area contributed by atoms with Crippen molar-refractivity contribution in [2.45, 2.75) is 12.8 Å². The Balaban J connectivity index is 1.94. The van der Waals surface area contributed by atoms with Crippen molar-refractivity contribution in [1.29, 1.82) is 5.26 Å². The van der Waals surface area contributed by atoms with Gasteiger partial charge in [0.1, 0.15) is 17.4 Å². The molecule has 1 N–H and O–H groups in total. The van der Waals surface area contributed by atoms with Crippen LogP contribution in [0.4, 0.5) is 5.69 Å². The summed E-state index contributed by atoms with van der Waals surface area (Å²) < 4.78 is 0. The molecule has 1 amide bonds. The van der Waals surface area contributed by atoms with E-state index in [4.69, 9.17) is 0 Å². The number of hydrogen-bond donors (Lipinski definition) is 1. The van der Waals surface area contributed by atoms with Crippen LogP contribution in [0.1, 0.15) is 17.5 Å². The van der Waals surface area contributed by atoms with E-state index in [2.05, 4.69) is 0 Å². The molecule has 0 radical (unpaired) electrons. The van der Waals surface area contributed by atoms with E-state index >= 15 is 0 Å². The van der Waals surface area contributed by atoms with Gasteiger partial charge < -0.3 is 10.0 Å². The first-order chi connectivity index (χ1) is 11.2. The molecule has 23 heavy (non-hydrogen) atoms. The number of nitriles is 1.